The average molecular weight is 212 g/mol. The molecule has 0 heterocycles. The van der Waals surface area contributed by atoms with Crippen molar-refractivity contribution in [2.75, 3.05) is 0 Å². The second-order valence-electron chi connectivity index (χ2n) is 3.01. The Morgan fingerprint density at radius 1 is 1.42 bits per heavy atom. The number of benzene rings is 1. The van der Waals surface area contributed by atoms with Crippen molar-refractivity contribution >= 4 is 6.08 Å². The van der Waals surface area contributed by atoms with Crippen LogP contribution in [-0.4, -0.2) is 0 Å². The van der Waals surface area contributed by atoms with Crippen molar-refractivity contribution in [3.63, 3.8) is 0 Å². The summed E-state index contributed by atoms with van der Waals surface area (Å²) in [5.41, 5.74) is 2.84. The normalized spacial score (nSPS) is 9.08. The van der Waals surface area contributed by atoms with Crippen LogP contribution in [-0.2, 0) is 22.1 Å². The minimum atomic E-state index is -0.248. The van der Waals surface area contributed by atoms with E-state index in [1.165, 1.54) is 21.2 Å². The van der Waals surface area contributed by atoms with Gasteiger partial charge in [0.05, 0.1) is 0 Å². The third-order valence-corrected chi connectivity index (χ3v) is 5.43. The van der Waals surface area contributed by atoms with Crippen LogP contribution in [0.15, 0.2) is 30.8 Å². The molecule has 0 aromatic heterocycles. The zero-order chi connectivity index (χ0) is 8.81. The summed E-state index contributed by atoms with van der Waals surface area (Å²) in [5, 5.41) is 2.81. The molecule has 0 amide bonds. The summed E-state index contributed by atoms with van der Waals surface area (Å²) in [6, 6.07) is 8.60. The molecule has 1 rings (SSSR count). The van der Waals surface area contributed by atoms with Crippen LogP contribution in [0.4, 0.5) is 0 Å². The summed E-state index contributed by atoms with van der Waals surface area (Å²) in [7, 11) is 0. The molecule has 0 saturated heterocycles. The quantitative estimate of drug-likeness (QED) is 0.670. The second kappa shape index (κ2) is 5.27. The molecule has 0 N–H and O–H groups in total. The van der Waals surface area contributed by atoms with Gasteiger partial charge in [-0.2, -0.15) is 0 Å². The van der Waals surface area contributed by atoms with Crippen molar-refractivity contribution in [3.05, 3.63) is 42.0 Å². The number of hydrogen-bond donors (Lipinski definition) is 0. The van der Waals surface area contributed by atoms with Gasteiger partial charge in [0.1, 0.15) is 0 Å². The van der Waals surface area contributed by atoms with Gasteiger partial charge in [-0.05, 0) is 0 Å². The summed E-state index contributed by atoms with van der Waals surface area (Å²) in [5.74, 6) is 0. The Labute approximate surface area is 82.3 Å². The Morgan fingerprint density at radius 2 is 2.17 bits per heavy atom. The summed E-state index contributed by atoms with van der Waals surface area (Å²) in [6.45, 7) is 6.12. The predicted octanol–water partition coefficient (Wildman–Crippen LogP) is 3.35. The molecule has 1 aromatic carbocycles. The van der Waals surface area contributed by atoms with Gasteiger partial charge in [0.15, 0.2) is 0 Å². The van der Waals surface area contributed by atoms with Crippen LogP contribution in [0.3, 0.4) is 0 Å². The standard InChI is InChI=1S/C9H9.C2H5.Zn/c1-3-9-7-5-4-6-8(9)2;1-2;/h3-7H,1-2H2;1H2,2H3;. The van der Waals surface area contributed by atoms with Crippen molar-refractivity contribution in [3.8, 4) is 0 Å². The molecule has 0 fully saturated rings. The molecule has 0 atom stereocenters. The van der Waals surface area contributed by atoms with Crippen molar-refractivity contribution in [1.82, 2.24) is 0 Å². The fourth-order valence-corrected chi connectivity index (χ4v) is 3.82. The molecule has 0 radical (unpaired) electrons. The van der Waals surface area contributed by atoms with Crippen molar-refractivity contribution in [2.24, 2.45) is 0 Å². The third kappa shape index (κ3) is 2.57. The molecular formula is C11H14Zn. The number of hydrogen-bond acceptors (Lipinski definition) is 0. The molecule has 0 unspecified atom stereocenters. The molecule has 60 valence electrons. The first-order valence-electron chi connectivity index (χ1n) is 4.58. The topological polar surface area (TPSA) is 0 Å². The van der Waals surface area contributed by atoms with E-state index >= 15 is 0 Å². The van der Waals surface area contributed by atoms with Gasteiger partial charge in [0.25, 0.3) is 0 Å². The Kier molecular flexibility index (Phi) is 4.25. The van der Waals surface area contributed by atoms with Crippen molar-refractivity contribution in [1.29, 1.82) is 0 Å². The van der Waals surface area contributed by atoms with E-state index in [2.05, 4.69) is 37.8 Å². The molecule has 1 aromatic rings. The van der Waals surface area contributed by atoms with E-state index in [9.17, 15) is 0 Å². The van der Waals surface area contributed by atoms with E-state index in [1.807, 2.05) is 6.08 Å². The SMILES string of the molecule is C=Cc1ccccc1[CH2][Zn][CH2]C. The van der Waals surface area contributed by atoms with Gasteiger partial charge < -0.3 is 0 Å². The molecule has 12 heavy (non-hydrogen) atoms. The van der Waals surface area contributed by atoms with Crippen molar-refractivity contribution in [2.45, 2.75) is 17.0 Å². The van der Waals surface area contributed by atoms with Crippen LogP contribution < -0.4 is 0 Å². The molecule has 0 aliphatic rings. The maximum absolute atomic E-state index is 3.82. The molecule has 0 nitrogen and oxygen atoms in total. The molecule has 0 bridgehead atoms. The Hall–Kier alpha value is -0.417. The summed E-state index contributed by atoms with van der Waals surface area (Å²) >= 11 is -0.248. The van der Waals surface area contributed by atoms with E-state index in [1.54, 1.807) is 0 Å². The summed E-state index contributed by atoms with van der Waals surface area (Å²) in [6.07, 6.45) is 1.97. The number of rotatable bonds is 4. The molecular weight excluding hydrogens is 198 g/mol. The first-order valence-corrected chi connectivity index (χ1v) is 8.78. The fourth-order valence-electron chi connectivity index (χ4n) is 1.33. The van der Waals surface area contributed by atoms with E-state index in [-0.39, 0.29) is 17.1 Å². The summed E-state index contributed by atoms with van der Waals surface area (Å²) < 4.78 is 0. The summed E-state index contributed by atoms with van der Waals surface area (Å²) in [4.78, 5) is 0. The zero-order valence-corrected chi connectivity index (χ0v) is 10.7. The third-order valence-electron chi connectivity index (χ3n) is 2.07. The van der Waals surface area contributed by atoms with Gasteiger partial charge in [0.2, 0.25) is 0 Å². The van der Waals surface area contributed by atoms with Crippen LogP contribution in [0.25, 0.3) is 6.08 Å². The first-order chi connectivity index (χ1) is 5.88. The second-order valence-corrected chi connectivity index (χ2v) is 7.64. The van der Waals surface area contributed by atoms with Crippen LogP contribution >= 0.6 is 0 Å². The van der Waals surface area contributed by atoms with E-state index < -0.39 is 0 Å². The maximum atomic E-state index is 3.82. The van der Waals surface area contributed by atoms with E-state index in [0.717, 1.165) is 0 Å². The van der Waals surface area contributed by atoms with Crippen LogP contribution in [0.1, 0.15) is 18.1 Å². The Bertz CT molecular complexity index is 253. The van der Waals surface area contributed by atoms with Crippen LogP contribution in [0.5, 0.6) is 0 Å². The van der Waals surface area contributed by atoms with Gasteiger partial charge in [0, 0.05) is 0 Å². The van der Waals surface area contributed by atoms with Gasteiger partial charge >= 0.3 is 82.1 Å². The average Bonchev–Trinajstić information content (AvgIpc) is 2.15. The first kappa shape index (κ1) is 9.67. The Balaban J connectivity index is 2.75. The van der Waals surface area contributed by atoms with Crippen LogP contribution in [0.2, 0.25) is 5.02 Å². The van der Waals surface area contributed by atoms with Gasteiger partial charge in [-0.1, -0.05) is 0 Å². The van der Waals surface area contributed by atoms with Gasteiger partial charge in [-0.15, -0.1) is 0 Å². The fraction of sp³-hybridized carbons (Fsp3) is 0.273. The molecule has 0 spiro atoms. The molecule has 0 aliphatic carbocycles. The zero-order valence-electron chi connectivity index (χ0n) is 7.72. The monoisotopic (exact) mass is 210 g/mol. The van der Waals surface area contributed by atoms with Crippen LogP contribution in [0, 0.1) is 0 Å². The van der Waals surface area contributed by atoms with Gasteiger partial charge in [-0.25, -0.2) is 0 Å². The molecule has 0 saturated carbocycles. The predicted molar refractivity (Wildman–Crippen MR) is 50.7 cm³/mol. The molecule has 1 heteroatoms. The van der Waals surface area contributed by atoms with Crippen molar-refractivity contribution < 1.29 is 17.1 Å². The minimum absolute atomic E-state index is 0.248. The van der Waals surface area contributed by atoms with E-state index in [0.29, 0.717) is 0 Å². The van der Waals surface area contributed by atoms with E-state index in [4.69, 9.17) is 0 Å². The molecule has 0 aliphatic heterocycles. The van der Waals surface area contributed by atoms with Gasteiger partial charge in [-0.3, -0.25) is 0 Å². The Morgan fingerprint density at radius 3 is 2.83 bits per heavy atom.